The van der Waals surface area contributed by atoms with Crippen LogP contribution in [0.5, 0.6) is 0 Å². The van der Waals surface area contributed by atoms with Crippen LogP contribution >= 0.6 is 0 Å². The van der Waals surface area contributed by atoms with Gasteiger partial charge in [0.15, 0.2) is 5.41 Å². The molecule has 0 aromatic rings. The molecule has 0 heterocycles. The van der Waals surface area contributed by atoms with Crippen molar-refractivity contribution in [3.8, 4) is 0 Å². The van der Waals surface area contributed by atoms with E-state index in [4.69, 9.17) is 0 Å². The van der Waals surface area contributed by atoms with Crippen molar-refractivity contribution in [2.75, 3.05) is 13.4 Å². The van der Waals surface area contributed by atoms with E-state index in [1.54, 1.807) is 0 Å². The summed E-state index contributed by atoms with van der Waals surface area (Å²) in [4.78, 5) is 0. The van der Waals surface area contributed by atoms with Crippen LogP contribution < -0.4 is 0 Å². The van der Waals surface area contributed by atoms with Gasteiger partial charge in [-0.3, -0.25) is 0 Å². The van der Waals surface area contributed by atoms with E-state index in [0.29, 0.717) is 0 Å². The lowest BCUT2D eigenvalue weighted by Crippen LogP contribution is -2.70. The normalized spacial score (nSPS) is 32.0. The average Bonchev–Trinajstić information content (AvgIpc) is 3.11. The Bertz CT molecular complexity index is 665. The van der Waals surface area contributed by atoms with Crippen LogP contribution in [0.3, 0.4) is 0 Å². The minimum atomic E-state index is -6.38. The quantitative estimate of drug-likeness (QED) is 0.214. The van der Waals surface area contributed by atoms with Gasteiger partial charge in [0, 0.05) is 12.5 Å². The molecule has 2 nitrogen and oxygen atoms in total. The van der Waals surface area contributed by atoms with Crippen LogP contribution in [0.25, 0.3) is 0 Å². The van der Waals surface area contributed by atoms with Crippen molar-refractivity contribution in [2.45, 2.75) is 64.4 Å². The van der Waals surface area contributed by atoms with E-state index >= 15 is 0 Å². The maximum atomic E-state index is 14.2. The van der Waals surface area contributed by atoms with Crippen LogP contribution in [0, 0.1) is 40.9 Å². The Hall–Kier alpha value is -0.920. The summed E-state index contributed by atoms with van der Waals surface area (Å²) in [7, 11) is 0. The summed E-state index contributed by atoms with van der Waals surface area (Å²) in [6.07, 6.45) is -25.8. The number of hydrogen-bond acceptors (Lipinski definition) is 2. The Morgan fingerprint density at radius 3 is 1.39 bits per heavy atom. The van der Waals surface area contributed by atoms with E-state index < -0.39 is 91.0 Å². The third-order valence-electron chi connectivity index (χ3n) is 7.76. The summed E-state index contributed by atoms with van der Waals surface area (Å²) in [5.41, 5.74) is -10.1. The van der Waals surface area contributed by atoms with E-state index in [1.807, 2.05) is 0 Å². The lowest BCUT2D eigenvalue weighted by atomic mass is 9.55. The maximum absolute atomic E-state index is 14.2. The van der Waals surface area contributed by atoms with Gasteiger partial charge in [-0.15, -0.1) is 0 Å². The predicted molar refractivity (Wildman–Crippen MR) is 89.5 cm³/mol. The standard InChI is InChI=1S/C19H24F12O2/c1-5-32-7-33-15(18(26,27)28,19(29,30)31)13-11-6-10(8(2)9(11)3)12(13)14(4,16(20,21)22)17(23,24)25/h8-13H,5-7H2,1-4H3. The average molecular weight is 512 g/mol. The van der Waals surface area contributed by atoms with Gasteiger partial charge in [0.05, 0.1) is 0 Å². The van der Waals surface area contributed by atoms with Crippen LogP contribution in [0.4, 0.5) is 52.7 Å². The molecule has 0 radical (unpaired) electrons. The minimum Gasteiger partial charge on any atom is -0.356 e. The van der Waals surface area contributed by atoms with Gasteiger partial charge in [-0.2, -0.15) is 52.7 Å². The number of halogens is 12. The zero-order valence-electron chi connectivity index (χ0n) is 17.9. The SMILES string of the molecule is CCOCOC(C1C2CC(C(C)C2C)C1C(C)(C(F)(F)F)C(F)(F)F)(C(F)(F)F)C(F)(F)F. The molecule has 196 valence electrons. The molecule has 0 N–H and O–H groups in total. The molecule has 0 spiro atoms. The van der Waals surface area contributed by atoms with E-state index in [2.05, 4.69) is 9.47 Å². The highest BCUT2D eigenvalue weighted by Gasteiger charge is 2.85. The number of fused-ring (bicyclic) bond motifs is 2. The van der Waals surface area contributed by atoms with Gasteiger partial charge >= 0.3 is 24.7 Å². The second kappa shape index (κ2) is 8.34. The second-order valence-electron chi connectivity index (χ2n) is 9.02. The molecule has 6 unspecified atom stereocenters. The fourth-order valence-electron chi connectivity index (χ4n) is 5.90. The zero-order chi connectivity index (χ0) is 26.0. The molecule has 2 fully saturated rings. The Labute approximate surface area is 182 Å². The van der Waals surface area contributed by atoms with Gasteiger partial charge in [-0.25, -0.2) is 0 Å². The highest BCUT2D eigenvalue weighted by atomic mass is 19.4. The van der Waals surface area contributed by atoms with Crippen molar-refractivity contribution >= 4 is 0 Å². The molecule has 2 saturated carbocycles. The summed E-state index contributed by atoms with van der Waals surface area (Å²) in [5.74, 6) is -11.7. The molecular weight excluding hydrogens is 488 g/mol. The Balaban J connectivity index is 2.90. The highest BCUT2D eigenvalue weighted by Crippen LogP contribution is 2.73. The van der Waals surface area contributed by atoms with Crippen molar-refractivity contribution in [3.05, 3.63) is 0 Å². The Kier molecular flexibility index (Phi) is 7.15. The molecule has 0 amide bonds. The van der Waals surface area contributed by atoms with Crippen LogP contribution in [0.2, 0.25) is 0 Å². The second-order valence-corrected chi connectivity index (χ2v) is 9.02. The molecular formula is C19H24F12O2. The summed E-state index contributed by atoms with van der Waals surface area (Å²) in [6, 6.07) is 0. The van der Waals surface area contributed by atoms with E-state index in [0.717, 1.165) is 0 Å². The predicted octanol–water partition coefficient (Wildman–Crippen LogP) is 7.15. The third kappa shape index (κ3) is 4.00. The molecule has 2 rings (SSSR count). The molecule has 2 aliphatic rings. The van der Waals surface area contributed by atoms with Gasteiger partial charge in [-0.05, 0) is 49.9 Å². The van der Waals surface area contributed by atoms with Crippen molar-refractivity contribution in [2.24, 2.45) is 40.9 Å². The highest BCUT2D eigenvalue weighted by molar-refractivity contribution is 5.18. The fourth-order valence-corrected chi connectivity index (χ4v) is 5.90. The fraction of sp³-hybridized carbons (Fsp3) is 1.00. The van der Waals surface area contributed by atoms with Gasteiger partial charge in [0.25, 0.3) is 5.60 Å². The number of hydrogen-bond donors (Lipinski definition) is 0. The van der Waals surface area contributed by atoms with Crippen LogP contribution in [0.15, 0.2) is 0 Å². The summed E-state index contributed by atoms with van der Waals surface area (Å²) < 4.78 is 177. The molecule has 0 aliphatic heterocycles. The lowest BCUT2D eigenvalue weighted by Gasteiger charge is -2.54. The number of rotatable bonds is 6. The first-order valence-corrected chi connectivity index (χ1v) is 10.1. The molecule has 0 saturated heterocycles. The minimum absolute atomic E-state index is 0.358. The molecule has 33 heavy (non-hydrogen) atoms. The van der Waals surface area contributed by atoms with Gasteiger partial charge in [0.2, 0.25) is 0 Å². The van der Waals surface area contributed by atoms with E-state index in [1.165, 1.54) is 20.8 Å². The molecule has 2 aliphatic carbocycles. The zero-order valence-corrected chi connectivity index (χ0v) is 17.9. The van der Waals surface area contributed by atoms with Crippen molar-refractivity contribution < 1.29 is 62.2 Å². The molecule has 6 atom stereocenters. The Morgan fingerprint density at radius 1 is 0.667 bits per heavy atom. The maximum Gasteiger partial charge on any atom is 0.426 e. The Morgan fingerprint density at radius 2 is 1.06 bits per heavy atom. The molecule has 0 aromatic heterocycles. The smallest absolute Gasteiger partial charge is 0.356 e. The summed E-state index contributed by atoms with van der Waals surface area (Å²) in [6.45, 7) is 1.31. The molecule has 14 heteroatoms. The van der Waals surface area contributed by atoms with Crippen LogP contribution in [-0.2, 0) is 9.47 Å². The van der Waals surface area contributed by atoms with Gasteiger partial charge < -0.3 is 9.47 Å². The van der Waals surface area contributed by atoms with Gasteiger partial charge in [0.1, 0.15) is 6.79 Å². The summed E-state index contributed by atoms with van der Waals surface area (Å²) in [5, 5.41) is 0. The largest absolute Gasteiger partial charge is 0.426 e. The van der Waals surface area contributed by atoms with E-state index in [9.17, 15) is 52.7 Å². The third-order valence-corrected chi connectivity index (χ3v) is 7.76. The molecule has 0 aromatic carbocycles. The topological polar surface area (TPSA) is 18.5 Å². The van der Waals surface area contributed by atoms with Crippen molar-refractivity contribution in [3.63, 3.8) is 0 Å². The lowest BCUT2D eigenvalue weighted by molar-refractivity contribution is -0.433. The monoisotopic (exact) mass is 512 g/mol. The van der Waals surface area contributed by atoms with Crippen LogP contribution in [0.1, 0.15) is 34.1 Å². The first-order chi connectivity index (χ1) is 14.6. The first-order valence-electron chi connectivity index (χ1n) is 10.1. The van der Waals surface area contributed by atoms with Crippen molar-refractivity contribution in [1.29, 1.82) is 0 Å². The van der Waals surface area contributed by atoms with E-state index in [-0.39, 0.29) is 6.92 Å². The molecule has 2 bridgehead atoms. The number of alkyl halides is 12. The van der Waals surface area contributed by atoms with Gasteiger partial charge in [-0.1, -0.05) is 13.8 Å². The summed E-state index contributed by atoms with van der Waals surface area (Å²) >= 11 is 0. The van der Waals surface area contributed by atoms with Crippen LogP contribution in [-0.4, -0.2) is 43.7 Å². The number of ether oxygens (including phenoxy) is 2. The van der Waals surface area contributed by atoms with Crippen molar-refractivity contribution in [1.82, 2.24) is 0 Å². The first kappa shape index (κ1) is 28.3.